The van der Waals surface area contributed by atoms with Gasteiger partial charge < -0.3 is 19.5 Å². The van der Waals surface area contributed by atoms with Crippen molar-refractivity contribution in [2.24, 2.45) is 0 Å². The van der Waals surface area contributed by atoms with E-state index in [1.54, 1.807) is 37.3 Å². The fourth-order valence-electron chi connectivity index (χ4n) is 3.14. The number of halogens is 1. The summed E-state index contributed by atoms with van der Waals surface area (Å²) < 4.78 is 29.5. The molecule has 0 unspecified atom stereocenters. The van der Waals surface area contributed by atoms with Crippen LogP contribution in [0.25, 0.3) is 6.08 Å². The molecule has 3 rings (SSSR count). The number of nitriles is 1. The normalized spacial score (nSPS) is 10.8. The molecule has 1 N–H and O–H groups in total. The second-order valence-electron chi connectivity index (χ2n) is 7.32. The number of hydrogen-bond acceptors (Lipinski definition) is 7. The smallest absolute Gasteiger partial charge is 0.296 e. The molecular weight excluding hydrogens is 469 g/mol. The molecule has 184 valence electrons. The number of carbonyl (C=O) groups excluding carboxylic acids is 1. The van der Waals surface area contributed by atoms with Crippen molar-refractivity contribution in [1.82, 2.24) is 0 Å². The Labute approximate surface area is 206 Å². The van der Waals surface area contributed by atoms with Gasteiger partial charge in [-0.2, -0.15) is 5.26 Å². The van der Waals surface area contributed by atoms with Crippen molar-refractivity contribution in [2.45, 2.75) is 13.5 Å². The molecule has 0 atom stereocenters. The molecule has 0 fully saturated rings. The number of carbonyl (C=O) groups is 1. The van der Waals surface area contributed by atoms with Crippen molar-refractivity contribution >= 4 is 23.4 Å². The molecule has 0 heterocycles. The van der Waals surface area contributed by atoms with E-state index >= 15 is 0 Å². The number of rotatable bonds is 10. The lowest BCUT2D eigenvalue weighted by Gasteiger charge is -2.13. The topological polar surface area (TPSA) is 124 Å². The Morgan fingerprint density at radius 1 is 1.11 bits per heavy atom. The Balaban J connectivity index is 1.81. The van der Waals surface area contributed by atoms with Crippen LogP contribution in [0.3, 0.4) is 0 Å². The molecule has 0 bridgehead atoms. The third-order valence-corrected chi connectivity index (χ3v) is 4.90. The van der Waals surface area contributed by atoms with Crippen LogP contribution in [-0.2, 0) is 11.4 Å². The van der Waals surface area contributed by atoms with Crippen LogP contribution in [0.1, 0.15) is 18.1 Å². The number of nitrogens with one attached hydrogen (secondary N) is 1. The van der Waals surface area contributed by atoms with E-state index in [4.69, 9.17) is 14.2 Å². The third-order valence-electron chi connectivity index (χ3n) is 4.90. The zero-order valence-electron chi connectivity index (χ0n) is 19.5. The Kier molecular flexibility index (Phi) is 8.56. The summed E-state index contributed by atoms with van der Waals surface area (Å²) in [6.07, 6.45) is 1.33. The van der Waals surface area contributed by atoms with Gasteiger partial charge in [0.15, 0.2) is 11.5 Å². The standard InChI is InChI=1S/C26H22FN3O6/c1-3-35-25-13-18(6-11-24(25)36-16-17-4-7-20(27)8-5-17)12-19(15-28)26(31)29-22-10-9-21(34-2)14-23(22)30(32)33/h4-14H,3,16H2,1-2H3,(H,29,31)/b19-12+. The number of ether oxygens (including phenoxy) is 3. The number of nitro benzene ring substituents is 1. The van der Waals surface area contributed by atoms with Crippen LogP contribution in [0.5, 0.6) is 17.2 Å². The zero-order chi connectivity index (χ0) is 26.1. The molecule has 1 amide bonds. The Hall–Kier alpha value is -4.91. The predicted molar refractivity (Wildman–Crippen MR) is 130 cm³/mol. The van der Waals surface area contributed by atoms with Gasteiger partial charge >= 0.3 is 0 Å². The average Bonchev–Trinajstić information content (AvgIpc) is 2.88. The van der Waals surface area contributed by atoms with Gasteiger partial charge in [-0.1, -0.05) is 18.2 Å². The van der Waals surface area contributed by atoms with Crippen molar-refractivity contribution in [2.75, 3.05) is 19.0 Å². The Morgan fingerprint density at radius 3 is 2.50 bits per heavy atom. The number of hydrogen-bond donors (Lipinski definition) is 1. The lowest BCUT2D eigenvalue weighted by molar-refractivity contribution is -0.384. The summed E-state index contributed by atoms with van der Waals surface area (Å²) in [5.41, 5.74) is 0.512. The lowest BCUT2D eigenvalue weighted by Crippen LogP contribution is -2.14. The van der Waals surface area contributed by atoms with E-state index in [-0.39, 0.29) is 35.1 Å². The maximum atomic E-state index is 13.1. The highest BCUT2D eigenvalue weighted by Gasteiger charge is 2.19. The quantitative estimate of drug-likeness (QED) is 0.177. The molecule has 36 heavy (non-hydrogen) atoms. The lowest BCUT2D eigenvalue weighted by atomic mass is 10.1. The van der Waals surface area contributed by atoms with Crippen molar-refractivity contribution in [1.29, 1.82) is 5.26 Å². The highest BCUT2D eigenvalue weighted by molar-refractivity contribution is 6.10. The van der Waals surface area contributed by atoms with Gasteiger partial charge in [-0.15, -0.1) is 0 Å². The fraction of sp³-hybridized carbons (Fsp3) is 0.154. The van der Waals surface area contributed by atoms with Crippen LogP contribution in [0.2, 0.25) is 0 Å². The molecule has 0 aliphatic heterocycles. The number of anilines is 1. The Bertz CT molecular complexity index is 1330. The number of methoxy groups -OCH3 is 1. The van der Waals surface area contributed by atoms with Crippen LogP contribution in [-0.4, -0.2) is 24.5 Å². The van der Waals surface area contributed by atoms with Crippen LogP contribution >= 0.6 is 0 Å². The summed E-state index contributed by atoms with van der Waals surface area (Å²) in [7, 11) is 1.36. The number of amides is 1. The first-order valence-electron chi connectivity index (χ1n) is 10.7. The van der Waals surface area contributed by atoms with E-state index in [1.807, 2.05) is 6.07 Å². The van der Waals surface area contributed by atoms with Gasteiger partial charge in [0, 0.05) is 0 Å². The minimum absolute atomic E-state index is 0.0773. The summed E-state index contributed by atoms with van der Waals surface area (Å²) in [6, 6.07) is 16.5. The molecular formula is C26H22FN3O6. The minimum atomic E-state index is -0.819. The molecule has 0 aliphatic carbocycles. The van der Waals surface area contributed by atoms with Crippen molar-refractivity contribution in [3.05, 3.63) is 93.3 Å². The SMILES string of the molecule is CCOc1cc(/C=C(\C#N)C(=O)Nc2ccc(OC)cc2[N+](=O)[O-])ccc1OCc1ccc(F)cc1. The zero-order valence-corrected chi connectivity index (χ0v) is 19.5. The van der Waals surface area contributed by atoms with Crippen molar-refractivity contribution in [3.63, 3.8) is 0 Å². The monoisotopic (exact) mass is 491 g/mol. The van der Waals surface area contributed by atoms with E-state index in [9.17, 15) is 24.6 Å². The van der Waals surface area contributed by atoms with Gasteiger partial charge in [-0.3, -0.25) is 14.9 Å². The largest absolute Gasteiger partial charge is 0.496 e. The van der Waals surface area contributed by atoms with Crippen LogP contribution < -0.4 is 19.5 Å². The molecule has 3 aromatic carbocycles. The van der Waals surface area contributed by atoms with Crippen molar-refractivity contribution in [3.8, 4) is 23.3 Å². The van der Waals surface area contributed by atoms with Gasteiger partial charge in [0.05, 0.1) is 24.7 Å². The molecule has 3 aromatic rings. The van der Waals surface area contributed by atoms with Crippen LogP contribution in [0.15, 0.2) is 66.2 Å². The molecule has 0 saturated heterocycles. The minimum Gasteiger partial charge on any atom is -0.496 e. The molecule has 0 aromatic heterocycles. The van der Waals surface area contributed by atoms with Gasteiger partial charge in [0.2, 0.25) is 0 Å². The summed E-state index contributed by atoms with van der Waals surface area (Å²) in [6.45, 7) is 2.32. The van der Waals surface area contributed by atoms with E-state index in [2.05, 4.69) is 5.32 Å². The molecule has 0 saturated carbocycles. The molecule has 10 heteroatoms. The second kappa shape index (κ2) is 12.0. The maximum absolute atomic E-state index is 13.1. The predicted octanol–water partition coefficient (Wildman–Crippen LogP) is 5.27. The van der Waals surface area contributed by atoms with Gasteiger partial charge in [-0.05, 0) is 60.5 Å². The summed E-state index contributed by atoms with van der Waals surface area (Å²) in [4.78, 5) is 23.4. The first-order chi connectivity index (χ1) is 17.3. The first-order valence-corrected chi connectivity index (χ1v) is 10.7. The van der Waals surface area contributed by atoms with Crippen molar-refractivity contribution < 1.29 is 28.3 Å². The fourth-order valence-corrected chi connectivity index (χ4v) is 3.14. The van der Waals surface area contributed by atoms with E-state index < -0.39 is 10.8 Å². The average molecular weight is 491 g/mol. The molecule has 0 aliphatic rings. The number of benzene rings is 3. The van der Waals surface area contributed by atoms with Crippen LogP contribution in [0, 0.1) is 27.3 Å². The second-order valence-corrected chi connectivity index (χ2v) is 7.32. The van der Waals surface area contributed by atoms with Crippen LogP contribution in [0.4, 0.5) is 15.8 Å². The molecule has 0 spiro atoms. The van der Waals surface area contributed by atoms with E-state index in [0.29, 0.717) is 23.7 Å². The highest BCUT2D eigenvalue weighted by Crippen LogP contribution is 2.31. The third kappa shape index (κ3) is 6.57. The maximum Gasteiger partial charge on any atom is 0.296 e. The molecule has 9 nitrogen and oxygen atoms in total. The molecule has 0 radical (unpaired) electrons. The number of nitro groups is 1. The van der Waals surface area contributed by atoms with Gasteiger partial charge in [0.25, 0.3) is 11.6 Å². The summed E-state index contributed by atoms with van der Waals surface area (Å²) in [5, 5.41) is 23.3. The van der Waals surface area contributed by atoms with E-state index in [1.165, 1.54) is 43.5 Å². The van der Waals surface area contributed by atoms with Gasteiger partial charge in [-0.25, -0.2) is 4.39 Å². The highest BCUT2D eigenvalue weighted by atomic mass is 19.1. The Morgan fingerprint density at radius 2 is 1.86 bits per heavy atom. The summed E-state index contributed by atoms with van der Waals surface area (Å²) in [5.74, 6) is -0.0999. The van der Waals surface area contributed by atoms with Gasteiger partial charge in [0.1, 0.15) is 35.5 Å². The number of nitrogens with zero attached hydrogens (tertiary/aromatic N) is 2. The van der Waals surface area contributed by atoms with E-state index in [0.717, 1.165) is 5.56 Å². The first kappa shape index (κ1) is 25.7. The summed E-state index contributed by atoms with van der Waals surface area (Å²) >= 11 is 0.